The van der Waals surface area contributed by atoms with Crippen molar-refractivity contribution in [3.63, 3.8) is 0 Å². The predicted molar refractivity (Wildman–Crippen MR) is 73.0 cm³/mol. The summed E-state index contributed by atoms with van der Waals surface area (Å²) in [4.78, 5) is 4.28. The molecule has 0 amide bonds. The van der Waals surface area contributed by atoms with Crippen LogP contribution < -0.4 is 5.32 Å². The van der Waals surface area contributed by atoms with Gasteiger partial charge in [0, 0.05) is 24.3 Å². The summed E-state index contributed by atoms with van der Waals surface area (Å²) in [6.07, 6.45) is 5.12. The molecule has 0 aliphatic rings. The van der Waals surface area contributed by atoms with Crippen LogP contribution in [0.25, 0.3) is 0 Å². The van der Waals surface area contributed by atoms with E-state index in [0.29, 0.717) is 12.0 Å². The molecule has 0 aromatic carbocycles. The first-order valence-electron chi connectivity index (χ1n) is 6.61. The fourth-order valence-electron chi connectivity index (χ4n) is 1.81. The smallest absolute Gasteiger partial charge is 0.0951 e. The van der Waals surface area contributed by atoms with Crippen LogP contribution in [0, 0.1) is 5.92 Å². The third-order valence-electron chi connectivity index (χ3n) is 3.45. The average Bonchev–Trinajstić information content (AvgIpc) is 2.71. The zero-order chi connectivity index (χ0) is 13.1. The molecule has 3 heteroatoms. The molecule has 0 saturated heterocycles. The van der Waals surface area contributed by atoms with Crippen LogP contribution in [0.1, 0.15) is 59.7 Å². The lowest BCUT2D eigenvalue weighted by Gasteiger charge is -2.25. The standard InChI is InChI=1S/C14H27N3/c1-7-11(2)12(3)17-10-15-8-13(17)9-16-14(4,5)6/h8,10-12,16H,7,9H2,1-6H3. The third-order valence-corrected chi connectivity index (χ3v) is 3.45. The maximum Gasteiger partial charge on any atom is 0.0951 e. The summed E-state index contributed by atoms with van der Waals surface area (Å²) in [5.41, 5.74) is 1.42. The number of aromatic nitrogens is 2. The summed E-state index contributed by atoms with van der Waals surface area (Å²) in [7, 11) is 0. The van der Waals surface area contributed by atoms with Crippen LogP contribution in [0.15, 0.2) is 12.5 Å². The number of nitrogens with one attached hydrogen (secondary N) is 1. The SMILES string of the molecule is CCC(C)C(C)n1cncc1CNC(C)(C)C. The first-order chi connectivity index (χ1) is 7.85. The Kier molecular flexibility index (Phi) is 4.75. The quantitative estimate of drug-likeness (QED) is 0.851. The van der Waals surface area contributed by atoms with Crippen molar-refractivity contribution >= 4 is 0 Å². The average molecular weight is 237 g/mol. The number of nitrogens with zero attached hydrogens (tertiary/aromatic N) is 2. The van der Waals surface area contributed by atoms with E-state index < -0.39 is 0 Å². The van der Waals surface area contributed by atoms with Gasteiger partial charge in [-0.25, -0.2) is 4.98 Å². The van der Waals surface area contributed by atoms with E-state index in [0.717, 1.165) is 6.54 Å². The van der Waals surface area contributed by atoms with Crippen LogP contribution in [0.2, 0.25) is 0 Å². The lowest BCUT2D eigenvalue weighted by atomic mass is 10.0. The minimum atomic E-state index is 0.148. The highest BCUT2D eigenvalue weighted by atomic mass is 15.1. The highest BCUT2D eigenvalue weighted by Crippen LogP contribution is 2.22. The first kappa shape index (κ1) is 14.2. The van der Waals surface area contributed by atoms with Gasteiger partial charge in [0.1, 0.15) is 0 Å². The predicted octanol–water partition coefficient (Wildman–Crippen LogP) is 3.38. The molecule has 17 heavy (non-hydrogen) atoms. The zero-order valence-electron chi connectivity index (χ0n) is 12.1. The Morgan fingerprint density at radius 2 is 2.00 bits per heavy atom. The molecule has 0 saturated carbocycles. The number of imidazole rings is 1. The van der Waals surface area contributed by atoms with Gasteiger partial charge >= 0.3 is 0 Å². The van der Waals surface area contributed by atoms with E-state index in [1.807, 2.05) is 12.5 Å². The van der Waals surface area contributed by atoms with E-state index in [-0.39, 0.29) is 5.54 Å². The molecule has 2 atom stereocenters. The number of rotatable bonds is 5. The van der Waals surface area contributed by atoms with E-state index in [9.17, 15) is 0 Å². The van der Waals surface area contributed by atoms with Crippen molar-refractivity contribution in [2.75, 3.05) is 0 Å². The van der Waals surface area contributed by atoms with Gasteiger partial charge in [-0.05, 0) is 33.6 Å². The van der Waals surface area contributed by atoms with Gasteiger partial charge < -0.3 is 9.88 Å². The van der Waals surface area contributed by atoms with E-state index >= 15 is 0 Å². The Morgan fingerprint density at radius 1 is 1.35 bits per heavy atom. The molecule has 0 spiro atoms. The molecule has 2 unspecified atom stereocenters. The molecule has 1 N–H and O–H groups in total. The fraction of sp³-hybridized carbons (Fsp3) is 0.786. The Bertz CT molecular complexity index is 335. The van der Waals surface area contributed by atoms with Crippen LogP contribution >= 0.6 is 0 Å². The maximum atomic E-state index is 4.28. The highest BCUT2D eigenvalue weighted by Gasteiger charge is 2.16. The molecular weight excluding hydrogens is 210 g/mol. The van der Waals surface area contributed by atoms with Gasteiger partial charge in [-0.2, -0.15) is 0 Å². The number of hydrogen-bond donors (Lipinski definition) is 1. The Labute approximate surface area is 106 Å². The summed E-state index contributed by atoms with van der Waals surface area (Å²) in [6, 6.07) is 0.513. The zero-order valence-corrected chi connectivity index (χ0v) is 12.1. The van der Waals surface area contributed by atoms with Crippen molar-refractivity contribution in [2.24, 2.45) is 5.92 Å². The Hall–Kier alpha value is -0.830. The summed E-state index contributed by atoms with van der Waals surface area (Å²) in [5, 5.41) is 3.52. The summed E-state index contributed by atoms with van der Waals surface area (Å²) < 4.78 is 2.30. The molecule has 1 aromatic heterocycles. The van der Waals surface area contributed by atoms with E-state index in [4.69, 9.17) is 0 Å². The van der Waals surface area contributed by atoms with Gasteiger partial charge in [-0.3, -0.25) is 0 Å². The molecule has 0 fully saturated rings. The maximum absolute atomic E-state index is 4.28. The van der Waals surface area contributed by atoms with Crippen LogP contribution in [-0.2, 0) is 6.54 Å². The molecular formula is C14H27N3. The second-order valence-corrected chi connectivity index (χ2v) is 6.02. The van der Waals surface area contributed by atoms with Crippen LogP contribution in [0.3, 0.4) is 0 Å². The first-order valence-corrected chi connectivity index (χ1v) is 6.61. The minimum absolute atomic E-state index is 0.148. The molecule has 0 aliphatic carbocycles. The van der Waals surface area contributed by atoms with E-state index in [2.05, 4.69) is 56.4 Å². The molecule has 1 aromatic rings. The second kappa shape index (κ2) is 5.67. The van der Waals surface area contributed by atoms with Crippen molar-refractivity contribution in [1.82, 2.24) is 14.9 Å². The van der Waals surface area contributed by atoms with Gasteiger partial charge in [0.15, 0.2) is 0 Å². The fourth-order valence-corrected chi connectivity index (χ4v) is 1.81. The normalized spacial score (nSPS) is 15.9. The van der Waals surface area contributed by atoms with E-state index in [1.165, 1.54) is 12.1 Å². The van der Waals surface area contributed by atoms with Crippen molar-refractivity contribution in [1.29, 1.82) is 0 Å². The topological polar surface area (TPSA) is 29.9 Å². The summed E-state index contributed by atoms with van der Waals surface area (Å²) >= 11 is 0. The summed E-state index contributed by atoms with van der Waals surface area (Å²) in [5.74, 6) is 0.678. The van der Waals surface area contributed by atoms with E-state index in [1.54, 1.807) is 0 Å². The number of hydrogen-bond acceptors (Lipinski definition) is 2. The van der Waals surface area contributed by atoms with Crippen LogP contribution in [0.5, 0.6) is 0 Å². The molecule has 98 valence electrons. The van der Waals surface area contributed by atoms with Crippen molar-refractivity contribution < 1.29 is 0 Å². The van der Waals surface area contributed by atoms with Crippen molar-refractivity contribution in [3.8, 4) is 0 Å². The van der Waals surface area contributed by atoms with Gasteiger partial charge in [0.05, 0.1) is 12.0 Å². The highest BCUT2D eigenvalue weighted by molar-refractivity contribution is 5.01. The van der Waals surface area contributed by atoms with Gasteiger partial charge in [0.2, 0.25) is 0 Å². The molecule has 0 bridgehead atoms. The third kappa shape index (κ3) is 4.15. The van der Waals surface area contributed by atoms with Gasteiger partial charge in [-0.1, -0.05) is 20.3 Å². The van der Waals surface area contributed by atoms with Gasteiger partial charge in [0.25, 0.3) is 0 Å². The van der Waals surface area contributed by atoms with Crippen molar-refractivity contribution in [2.45, 2.75) is 66.1 Å². The Balaban J connectivity index is 2.72. The largest absolute Gasteiger partial charge is 0.330 e. The minimum Gasteiger partial charge on any atom is -0.330 e. The molecule has 1 heterocycles. The molecule has 0 aliphatic heterocycles. The van der Waals surface area contributed by atoms with Gasteiger partial charge in [-0.15, -0.1) is 0 Å². The molecule has 1 rings (SSSR count). The lowest BCUT2D eigenvalue weighted by molar-refractivity contribution is 0.350. The van der Waals surface area contributed by atoms with Crippen LogP contribution in [-0.4, -0.2) is 15.1 Å². The molecule has 3 nitrogen and oxygen atoms in total. The molecule has 0 radical (unpaired) electrons. The second-order valence-electron chi connectivity index (χ2n) is 6.02. The van der Waals surface area contributed by atoms with Crippen molar-refractivity contribution in [3.05, 3.63) is 18.2 Å². The summed E-state index contributed by atoms with van der Waals surface area (Å²) in [6.45, 7) is 14.3. The Morgan fingerprint density at radius 3 is 2.53 bits per heavy atom. The lowest BCUT2D eigenvalue weighted by Crippen LogP contribution is -2.36. The van der Waals surface area contributed by atoms with Crippen LogP contribution in [0.4, 0.5) is 0 Å². The monoisotopic (exact) mass is 237 g/mol.